The van der Waals surface area contributed by atoms with Gasteiger partial charge in [0.25, 0.3) is 0 Å². The molecule has 172 valence electrons. The molecule has 2 aromatic carbocycles. The highest BCUT2D eigenvalue weighted by Crippen LogP contribution is 2.26. The quantitative estimate of drug-likeness (QED) is 0.346. The molecule has 1 aromatic heterocycles. The first-order valence-corrected chi connectivity index (χ1v) is 11.4. The Morgan fingerprint density at radius 2 is 1.97 bits per heavy atom. The summed E-state index contributed by atoms with van der Waals surface area (Å²) in [5.74, 6) is 0. The van der Waals surface area contributed by atoms with Crippen LogP contribution in [0, 0.1) is 0 Å². The molecule has 4 N–H and O–H groups in total. The van der Waals surface area contributed by atoms with E-state index in [1.807, 2.05) is 48.5 Å². The summed E-state index contributed by atoms with van der Waals surface area (Å²) in [5.41, 5.74) is 9.81. The SMILES string of the molecule is Nc1cccc(-c2ccc(N(CCN3CC[C@@H](O)C3)C(=O)Nc3cnc(Cl)c(Cl)c3)cc2)c1. The lowest BCUT2D eigenvalue weighted by molar-refractivity contribution is 0.177. The number of hydrogen-bond acceptors (Lipinski definition) is 5. The van der Waals surface area contributed by atoms with Gasteiger partial charge in [0.1, 0.15) is 5.15 Å². The highest BCUT2D eigenvalue weighted by molar-refractivity contribution is 6.41. The number of rotatable bonds is 6. The van der Waals surface area contributed by atoms with Gasteiger partial charge in [0.2, 0.25) is 0 Å². The van der Waals surface area contributed by atoms with E-state index in [2.05, 4.69) is 15.2 Å². The molecule has 2 heterocycles. The van der Waals surface area contributed by atoms with E-state index in [4.69, 9.17) is 28.9 Å². The van der Waals surface area contributed by atoms with Crippen LogP contribution in [0.2, 0.25) is 10.2 Å². The van der Waals surface area contributed by atoms with Crippen LogP contribution in [0.5, 0.6) is 0 Å². The standard InChI is InChI=1S/C24H25Cl2N5O2/c25-22-13-19(14-28-23(22)26)29-24(33)31(11-10-30-9-8-21(32)15-30)20-6-4-16(5-7-20)17-2-1-3-18(27)12-17/h1-7,12-14,21,32H,8-11,15,27H2,(H,29,33)/t21-/m1/s1. The van der Waals surface area contributed by atoms with E-state index in [1.165, 1.54) is 6.20 Å². The van der Waals surface area contributed by atoms with E-state index in [0.29, 0.717) is 31.0 Å². The molecule has 1 fully saturated rings. The minimum absolute atomic E-state index is 0.177. The van der Waals surface area contributed by atoms with E-state index in [9.17, 15) is 9.90 Å². The highest BCUT2D eigenvalue weighted by atomic mass is 35.5. The van der Waals surface area contributed by atoms with Gasteiger partial charge in [-0.1, -0.05) is 47.5 Å². The normalized spacial score (nSPS) is 16.0. The number of halogens is 2. The van der Waals surface area contributed by atoms with E-state index in [1.54, 1.807) is 11.0 Å². The van der Waals surface area contributed by atoms with Gasteiger partial charge in [-0.05, 0) is 47.9 Å². The monoisotopic (exact) mass is 485 g/mol. The summed E-state index contributed by atoms with van der Waals surface area (Å²) >= 11 is 11.9. The van der Waals surface area contributed by atoms with Crippen molar-refractivity contribution in [3.05, 3.63) is 71.0 Å². The van der Waals surface area contributed by atoms with Crippen LogP contribution in [0.4, 0.5) is 21.9 Å². The lowest BCUT2D eigenvalue weighted by Gasteiger charge is -2.26. The number of amides is 2. The van der Waals surface area contributed by atoms with Gasteiger partial charge in [-0.15, -0.1) is 0 Å². The number of benzene rings is 2. The molecule has 4 rings (SSSR count). The number of nitrogens with two attached hydrogens (primary N) is 1. The maximum atomic E-state index is 13.2. The predicted octanol–water partition coefficient (Wildman–Crippen LogP) is 4.74. The minimum Gasteiger partial charge on any atom is -0.399 e. The zero-order valence-electron chi connectivity index (χ0n) is 17.9. The van der Waals surface area contributed by atoms with Crippen molar-refractivity contribution in [2.45, 2.75) is 12.5 Å². The fourth-order valence-corrected chi connectivity index (χ4v) is 4.11. The van der Waals surface area contributed by atoms with Crippen molar-refractivity contribution in [2.24, 2.45) is 0 Å². The summed E-state index contributed by atoms with van der Waals surface area (Å²) in [5, 5.41) is 13.1. The zero-order chi connectivity index (χ0) is 23.4. The number of nitrogen functional groups attached to an aromatic ring is 1. The van der Waals surface area contributed by atoms with Gasteiger partial charge in [0.15, 0.2) is 0 Å². The number of carbonyl (C=O) groups is 1. The highest BCUT2D eigenvalue weighted by Gasteiger charge is 2.23. The molecule has 33 heavy (non-hydrogen) atoms. The number of aliphatic hydroxyl groups excluding tert-OH is 1. The van der Waals surface area contributed by atoms with Crippen molar-refractivity contribution < 1.29 is 9.90 Å². The number of urea groups is 1. The van der Waals surface area contributed by atoms with Gasteiger partial charge >= 0.3 is 6.03 Å². The Kier molecular flexibility index (Phi) is 7.35. The Hall–Kier alpha value is -2.84. The first kappa shape index (κ1) is 23.3. The Morgan fingerprint density at radius 1 is 1.18 bits per heavy atom. The number of nitrogens with one attached hydrogen (secondary N) is 1. The van der Waals surface area contributed by atoms with Crippen LogP contribution in [-0.2, 0) is 0 Å². The van der Waals surface area contributed by atoms with Crippen LogP contribution in [0.3, 0.4) is 0 Å². The number of hydrogen-bond donors (Lipinski definition) is 3. The van der Waals surface area contributed by atoms with Crippen molar-refractivity contribution in [1.82, 2.24) is 9.88 Å². The van der Waals surface area contributed by atoms with Crippen molar-refractivity contribution in [3.63, 3.8) is 0 Å². The molecule has 1 saturated heterocycles. The Bertz CT molecular complexity index is 1130. The van der Waals surface area contributed by atoms with Crippen LogP contribution in [0.15, 0.2) is 60.8 Å². The van der Waals surface area contributed by atoms with E-state index in [-0.39, 0.29) is 22.3 Å². The molecule has 2 amide bonds. The third-order valence-corrected chi connectivity index (χ3v) is 6.27. The number of pyridine rings is 1. The smallest absolute Gasteiger partial charge is 0.326 e. The second-order valence-corrected chi connectivity index (χ2v) is 8.76. The third-order valence-electron chi connectivity index (χ3n) is 5.58. The Labute approximate surface area is 202 Å². The van der Waals surface area contributed by atoms with E-state index >= 15 is 0 Å². The molecule has 0 bridgehead atoms. The van der Waals surface area contributed by atoms with Crippen LogP contribution >= 0.6 is 23.2 Å². The first-order chi connectivity index (χ1) is 15.9. The summed E-state index contributed by atoms with van der Waals surface area (Å²) in [7, 11) is 0. The van der Waals surface area contributed by atoms with Gasteiger partial charge in [-0.2, -0.15) is 0 Å². The molecule has 0 aliphatic carbocycles. The maximum Gasteiger partial charge on any atom is 0.326 e. The van der Waals surface area contributed by atoms with Crippen molar-refractivity contribution in [1.29, 1.82) is 0 Å². The molecule has 0 unspecified atom stereocenters. The number of aliphatic hydroxyl groups is 1. The van der Waals surface area contributed by atoms with Crippen LogP contribution in [0.25, 0.3) is 11.1 Å². The number of nitrogens with zero attached hydrogens (tertiary/aromatic N) is 3. The fourth-order valence-electron chi connectivity index (χ4n) is 3.84. The van der Waals surface area contributed by atoms with Crippen LogP contribution in [-0.4, -0.2) is 53.3 Å². The van der Waals surface area contributed by atoms with Gasteiger partial charge < -0.3 is 16.2 Å². The number of carbonyl (C=O) groups excluding carboxylic acids is 1. The molecular formula is C24H25Cl2N5O2. The fraction of sp³-hybridized carbons (Fsp3) is 0.250. The average Bonchev–Trinajstić information content (AvgIpc) is 3.22. The van der Waals surface area contributed by atoms with Gasteiger partial charge in [0, 0.05) is 37.6 Å². The number of likely N-dealkylation sites (tertiary alicyclic amines) is 1. The third kappa shape index (κ3) is 5.94. The van der Waals surface area contributed by atoms with E-state index in [0.717, 1.165) is 29.8 Å². The average molecular weight is 486 g/mol. The molecule has 1 atom stereocenters. The Morgan fingerprint density at radius 3 is 2.64 bits per heavy atom. The Balaban J connectivity index is 1.54. The first-order valence-electron chi connectivity index (χ1n) is 10.6. The molecule has 1 aliphatic rings. The van der Waals surface area contributed by atoms with Crippen molar-refractivity contribution in [3.8, 4) is 11.1 Å². The lowest BCUT2D eigenvalue weighted by atomic mass is 10.0. The largest absolute Gasteiger partial charge is 0.399 e. The van der Waals surface area contributed by atoms with Crippen molar-refractivity contribution in [2.75, 3.05) is 42.1 Å². The van der Waals surface area contributed by atoms with Crippen molar-refractivity contribution >= 4 is 46.3 Å². The molecule has 7 nitrogen and oxygen atoms in total. The number of anilines is 3. The number of aromatic nitrogens is 1. The van der Waals surface area contributed by atoms with Gasteiger partial charge in [-0.25, -0.2) is 9.78 Å². The summed E-state index contributed by atoms with van der Waals surface area (Å²) in [6, 6.07) is 16.6. The summed E-state index contributed by atoms with van der Waals surface area (Å²) < 4.78 is 0. The maximum absolute atomic E-state index is 13.2. The molecule has 0 spiro atoms. The molecule has 0 saturated carbocycles. The summed E-state index contributed by atoms with van der Waals surface area (Å²) in [4.78, 5) is 21.0. The van der Waals surface area contributed by atoms with E-state index < -0.39 is 0 Å². The minimum atomic E-state index is -0.313. The second kappa shape index (κ2) is 10.4. The van der Waals surface area contributed by atoms with Gasteiger partial charge in [0.05, 0.1) is 23.0 Å². The lowest BCUT2D eigenvalue weighted by Crippen LogP contribution is -2.40. The molecule has 3 aromatic rings. The van der Waals surface area contributed by atoms with Gasteiger partial charge in [-0.3, -0.25) is 9.80 Å². The summed E-state index contributed by atoms with van der Waals surface area (Å²) in [6.45, 7) is 2.51. The van der Waals surface area contributed by atoms with Crippen LogP contribution in [0.1, 0.15) is 6.42 Å². The molecule has 1 aliphatic heterocycles. The second-order valence-electron chi connectivity index (χ2n) is 7.99. The molecular weight excluding hydrogens is 461 g/mol. The number of β-amino-alcohol motifs (C(OH)–C–C–N with tert-alkyl or cyclic N) is 1. The predicted molar refractivity (Wildman–Crippen MR) is 134 cm³/mol. The topological polar surface area (TPSA) is 94.7 Å². The summed E-state index contributed by atoms with van der Waals surface area (Å²) in [6.07, 6.45) is 1.90. The van der Waals surface area contributed by atoms with Crippen LogP contribution < -0.4 is 16.0 Å². The zero-order valence-corrected chi connectivity index (χ0v) is 19.4. The molecule has 9 heteroatoms. The molecule has 0 radical (unpaired) electrons.